The molecule has 0 saturated carbocycles. The zero-order valence-electron chi connectivity index (χ0n) is 18.7. The average Bonchev–Trinajstić information content (AvgIpc) is 3.54. The molecule has 1 saturated heterocycles. The van der Waals surface area contributed by atoms with Crippen molar-refractivity contribution in [2.24, 2.45) is 0 Å². The lowest BCUT2D eigenvalue weighted by atomic mass is 10.1. The molecule has 8 nitrogen and oxygen atoms in total. The van der Waals surface area contributed by atoms with Crippen LogP contribution in [-0.4, -0.2) is 53.7 Å². The number of nitrogens with zero attached hydrogens (tertiary/aromatic N) is 2. The Kier molecular flexibility index (Phi) is 6.05. The molecule has 0 spiro atoms. The first-order valence-corrected chi connectivity index (χ1v) is 11.2. The third-order valence-electron chi connectivity index (χ3n) is 5.92. The SMILES string of the molecule is O=C(Cc1ccc(F)cc1)Nc1c(C(=O)N2CCN(C(=O)c3ccco3)CC2)oc2ccccc12. The van der Waals surface area contributed by atoms with Crippen molar-refractivity contribution in [2.45, 2.75) is 6.42 Å². The van der Waals surface area contributed by atoms with Crippen molar-refractivity contribution in [3.63, 3.8) is 0 Å². The number of carbonyl (C=O) groups excluding carboxylic acids is 3. The van der Waals surface area contributed by atoms with Gasteiger partial charge < -0.3 is 24.0 Å². The zero-order valence-corrected chi connectivity index (χ0v) is 18.7. The molecule has 0 radical (unpaired) electrons. The first-order valence-electron chi connectivity index (χ1n) is 11.2. The Hall–Kier alpha value is -4.40. The predicted molar refractivity (Wildman–Crippen MR) is 125 cm³/mol. The molecule has 35 heavy (non-hydrogen) atoms. The highest BCUT2D eigenvalue weighted by Gasteiger charge is 2.31. The van der Waals surface area contributed by atoms with Gasteiger partial charge in [-0.1, -0.05) is 24.3 Å². The fourth-order valence-corrected chi connectivity index (χ4v) is 4.10. The zero-order chi connectivity index (χ0) is 24.4. The van der Waals surface area contributed by atoms with E-state index in [9.17, 15) is 18.8 Å². The van der Waals surface area contributed by atoms with Gasteiger partial charge in [0.1, 0.15) is 17.1 Å². The smallest absolute Gasteiger partial charge is 0.291 e. The number of furan rings is 2. The highest BCUT2D eigenvalue weighted by Crippen LogP contribution is 2.32. The number of nitrogens with one attached hydrogen (secondary N) is 1. The summed E-state index contributed by atoms with van der Waals surface area (Å²) in [5, 5.41) is 3.42. The van der Waals surface area contributed by atoms with E-state index in [-0.39, 0.29) is 41.5 Å². The van der Waals surface area contributed by atoms with E-state index in [1.807, 2.05) is 0 Å². The molecule has 1 aliphatic rings. The third-order valence-corrected chi connectivity index (χ3v) is 5.92. The molecule has 1 fully saturated rings. The van der Waals surface area contributed by atoms with Gasteiger partial charge in [-0.05, 0) is 42.0 Å². The molecule has 2 aromatic carbocycles. The van der Waals surface area contributed by atoms with Gasteiger partial charge in [-0.3, -0.25) is 14.4 Å². The van der Waals surface area contributed by atoms with Crippen molar-refractivity contribution >= 4 is 34.4 Å². The second-order valence-corrected chi connectivity index (χ2v) is 8.22. The van der Waals surface area contributed by atoms with Crippen LogP contribution in [0, 0.1) is 5.82 Å². The number of benzene rings is 2. The highest BCUT2D eigenvalue weighted by atomic mass is 19.1. The van der Waals surface area contributed by atoms with Crippen LogP contribution >= 0.6 is 0 Å². The number of para-hydroxylation sites is 1. The minimum atomic E-state index is -0.381. The molecule has 0 atom stereocenters. The Labute approximate surface area is 199 Å². The van der Waals surface area contributed by atoms with Gasteiger partial charge in [0, 0.05) is 31.6 Å². The Morgan fingerprint density at radius 3 is 2.23 bits per heavy atom. The summed E-state index contributed by atoms with van der Waals surface area (Å²) in [7, 11) is 0. The van der Waals surface area contributed by atoms with Crippen molar-refractivity contribution in [1.82, 2.24) is 9.80 Å². The highest BCUT2D eigenvalue weighted by molar-refractivity contribution is 6.11. The summed E-state index contributed by atoms with van der Waals surface area (Å²) < 4.78 is 24.2. The fraction of sp³-hybridized carbons (Fsp3) is 0.192. The Morgan fingerprint density at radius 1 is 0.857 bits per heavy atom. The molecule has 1 aliphatic heterocycles. The molecule has 2 aromatic heterocycles. The van der Waals surface area contributed by atoms with Gasteiger partial charge >= 0.3 is 0 Å². The van der Waals surface area contributed by atoms with Crippen molar-refractivity contribution in [3.8, 4) is 0 Å². The predicted octanol–water partition coefficient (Wildman–Crippen LogP) is 3.94. The van der Waals surface area contributed by atoms with Crippen LogP contribution in [0.5, 0.6) is 0 Å². The maximum atomic E-state index is 13.4. The number of anilines is 1. The van der Waals surface area contributed by atoms with Crippen LogP contribution in [-0.2, 0) is 11.2 Å². The van der Waals surface area contributed by atoms with Crippen LogP contribution in [0.4, 0.5) is 10.1 Å². The van der Waals surface area contributed by atoms with Gasteiger partial charge in [-0.25, -0.2) is 4.39 Å². The van der Waals surface area contributed by atoms with E-state index in [1.54, 1.807) is 46.2 Å². The maximum Gasteiger partial charge on any atom is 0.291 e. The molecule has 3 amide bonds. The molecule has 178 valence electrons. The molecule has 0 unspecified atom stereocenters. The Morgan fingerprint density at radius 2 is 1.54 bits per heavy atom. The number of hydrogen-bond acceptors (Lipinski definition) is 5. The molecule has 5 rings (SSSR count). The summed E-state index contributed by atoms with van der Waals surface area (Å²) >= 11 is 0. The van der Waals surface area contributed by atoms with Gasteiger partial charge in [0.15, 0.2) is 5.76 Å². The van der Waals surface area contributed by atoms with Gasteiger partial charge in [-0.15, -0.1) is 0 Å². The van der Waals surface area contributed by atoms with E-state index in [0.717, 1.165) is 0 Å². The Balaban J connectivity index is 1.33. The topological polar surface area (TPSA) is 96.0 Å². The van der Waals surface area contributed by atoms with Crippen LogP contribution in [0.3, 0.4) is 0 Å². The molecular formula is C26H22FN3O5. The molecular weight excluding hydrogens is 453 g/mol. The van der Waals surface area contributed by atoms with Crippen LogP contribution in [0.25, 0.3) is 11.0 Å². The van der Waals surface area contributed by atoms with Crippen molar-refractivity contribution in [2.75, 3.05) is 31.5 Å². The van der Waals surface area contributed by atoms with E-state index < -0.39 is 0 Å². The second kappa shape index (κ2) is 9.46. The lowest BCUT2D eigenvalue weighted by Crippen LogP contribution is -2.50. The largest absolute Gasteiger partial charge is 0.459 e. The lowest BCUT2D eigenvalue weighted by molar-refractivity contribution is -0.115. The first kappa shape index (κ1) is 22.4. The number of amides is 3. The summed E-state index contributed by atoms with van der Waals surface area (Å²) in [6.45, 7) is 1.31. The van der Waals surface area contributed by atoms with Gasteiger partial charge in [-0.2, -0.15) is 0 Å². The fourth-order valence-electron chi connectivity index (χ4n) is 4.10. The van der Waals surface area contributed by atoms with Crippen molar-refractivity contribution < 1.29 is 27.6 Å². The minimum absolute atomic E-state index is 0.0149. The lowest BCUT2D eigenvalue weighted by Gasteiger charge is -2.34. The van der Waals surface area contributed by atoms with Crippen LogP contribution in [0.2, 0.25) is 0 Å². The van der Waals surface area contributed by atoms with Crippen molar-refractivity contribution in [3.05, 3.63) is 89.8 Å². The summed E-state index contributed by atoms with van der Waals surface area (Å²) in [5.74, 6) is -1.04. The minimum Gasteiger partial charge on any atom is -0.459 e. The summed E-state index contributed by atoms with van der Waals surface area (Å²) in [6, 6.07) is 16.0. The second-order valence-electron chi connectivity index (χ2n) is 8.22. The number of fused-ring (bicyclic) bond motifs is 1. The molecule has 1 N–H and O–H groups in total. The normalized spacial score (nSPS) is 13.7. The third kappa shape index (κ3) is 4.65. The van der Waals surface area contributed by atoms with Gasteiger partial charge in [0.2, 0.25) is 11.7 Å². The summed E-state index contributed by atoms with van der Waals surface area (Å²) in [6.07, 6.45) is 1.46. The summed E-state index contributed by atoms with van der Waals surface area (Å²) in [5.41, 5.74) is 1.41. The average molecular weight is 475 g/mol. The van der Waals surface area contributed by atoms with Crippen LogP contribution in [0.1, 0.15) is 26.7 Å². The standard InChI is InChI=1S/C26H22FN3O5/c27-18-9-7-17(8-10-18)16-22(31)28-23-19-4-1-2-5-20(19)35-24(23)26(33)30-13-11-29(12-14-30)25(32)21-6-3-15-34-21/h1-10,15H,11-14,16H2,(H,28,31). The number of hydrogen-bond donors (Lipinski definition) is 1. The summed E-state index contributed by atoms with van der Waals surface area (Å²) in [4.78, 5) is 41.9. The van der Waals surface area contributed by atoms with E-state index in [4.69, 9.17) is 8.83 Å². The quantitative estimate of drug-likeness (QED) is 0.472. The monoisotopic (exact) mass is 475 g/mol. The van der Waals surface area contributed by atoms with Gasteiger partial charge in [0.25, 0.3) is 11.8 Å². The van der Waals surface area contributed by atoms with Gasteiger partial charge in [0.05, 0.1) is 12.7 Å². The Bertz CT molecular complexity index is 1370. The molecule has 4 aromatic rings. The van der Waals surface area contributed by atoms with E-state index in [0.29, 0.717) is 48.4 Å². The number of halogens is 1. The van der Waals surface area contributed by atoms with E-state index in [1.165, 1.54) is 30.5 Å². The number of carbonyl (C=O) groups is 3. The maximum absolute atomic E-state index is 13.4. The van der Waals surface area contributed by atoms with Crippen LogP contribution < -0.4 is 5.32 Å². The van der Waals surface area contributed by atoms with Crippen molar-refractivity contribution in [1.29, 1.82) is 0 Å². The molecule has 0 bridgehead atoms. The van der Waals surface area contributed by atoms with Crippen LogP contribution in [0.15, 0.2) is 75.8 Å². The molecule has 0 aliphatic carbocycles. The number of piperazine rings is 1. The first-order chi connectivity index (χ1) is 17.0. The molecule has 9 heteroatoms. The molecule has 3 heterocycles. The van der Waals surface area contributed by atoms with E-state index >= 15 is 0 Å². The van der Waals surface area contributed by atoms with E-state index in [2.05, 4.69) is 5.32 Å². The number of rotatable bonds is 5.